The van der Waals surface area contributed by atoms with Gasteiger partial charge >= 0.3 is 0 Å². The SMILES string of the molecule is COc1ccc(C2C(=O)NN2Cc2ccccc2)cc1. The van der Waals surface area contributed by atoms with Gasteiger partial charge in [0.2, 0.25) is 0 Å². The van der Waals surface area contributed by atoms with Crippen molar-refractivity contribution in [3.63, 3.8) is 0 Å². The van der Waals surface area contributed by atoms with Gasteiger partial charge in [-0.3, -0.25) is 10.2 Å². The fourth-order valence-corrected chi connectivity index (χ4v) is 2.37. The van der Waals surface area contributed by atoms with Crippen LogP contribution in [0.1, 0.15) is 17.2 Å². The Morgan fingerprint density at radius 3 is 2.40 bits per heavy atom. The number of nitrogens with zero attached hydrogens (tertiary/aromatic N) is 1. The number of carbonyl (C=O) groups is 1. The minimum Gasteiger partial charge on any atom is -0.497 e. The Labute approximate surface area is 117 Å². The van der Waals surface area contributed by atoms with Crippen LogP contribution in [0.5, 0.6) is 5.75 Å². The lowest BCUT2D eigenvalue weighted by atomic mass is 10.0. The van der Waals surface area contributed by atoms with Crippen LogP contribution in [-0.2, 0) is 11.3 Å². The number of ether oxygens (including phenoxy) is 1. The summed E-state index contributed by atoms with van der Waals surface area (Å²) < 4.78 is 5.14. The first kappa shape index (κ1) is 12.7. The van der Waals surface area contributed by atoms with Gasteiger partial charge < -0.3 is 4.74 Å². The highest BCUT2D eigenvalue weighted by atomic mass is 16.5. The molecule has 2 aromatic rings. The molecular weight excluding hydrogens is 252 g/mol. The standard InChI is InChI=1S/C16H16N2O2/c1-20-14-9-7-13(8-10-14)15-16(19)17-18(15)11-12-5-3-2-4-6-12/h2-10,15H,11H2,1H3,(H,17,19). The Balaban J connectivity index is 1.75. The molecule has 1 heterocycles. The van der Waals surface area contributed by atoms with E-state index in [1.807, 2.05) is 47.5 Å². The van der Waals surface area contributed by atoms with E-state index in [9.17, 15) is 4.79 Å². The maximum Gasteiger partial charge on any atom is 0.258 e. The summed E-state index contributed by atoms with van der Waals surface area (Å²) in [7, 11) is 1.63. The van der Waals surface area contributed by atoms with Crippen molar-refractivity contribution in [1.29, 1.82) is 0 Å². The van der Waals surface area contributed by atoms with Crippen molar-refractivity contribution < 1.29 is 9.53 Å². The third-order valence-electron chi connectivity index (χ3n) is 3.44. The number of hydrazine groups is 1. The number of methoxy groups -OCH3 is 1. The highest BCUT2D eigenvalue weighted by Crippen LogP contribution is 2.29. The molecule has 1 fully saturated rings. The van der Waals surface area contributed by atoms with E-state index >= 15 is 0 Å². The zero-order chi connectivity index (χ0) is 13.9. The number of carbonyl (C=O) groups excluding carboxylic acids is 1. The minimum absolute atomic E-state index is 0.0334. The van der Waals surface area contributed by atoms with Crippen molar-refractivity contribution in [2.75, 3.05) is 7.11 Å². The fourth-order valence-electron chi connectivity index (χ4n) is 2.37. The molecule has 4 nitrogen and oxygen atoms in total. The van der Waals surface area contributed by atoms with Crippen molar-refractivity contribution >= 4 is 5.91 Å². The second-order valence-electron chi connectivity index (χ2n) is 4.77. The highest BCUT2D eigenvalue weighted by molar-refractivity contribution is 5.87. The summed E-state index contributed by atoms with van der Waals surface area (Å²) >= 11 is 0. The lowest BCUT2D eigenvalue weighted by molar-refractivity contribution is -0.150. The monoisotopic (exact) mass is 268 g/mol. The maximum absolute atomic E-state index is 11.8. The predicted octanol–water partition coefficient (Wildman–Crippen LogP) is 2.28. The molecule has 0 aliphatic carbocycles. The summed E-state index contributed by atoms with van der Waals surface area (Å²) in [5.74, 6) is 0.828. The van der Waals surface area contributed by atoms with Gasteiger partial charge in [-0.05, 0) is 23.3 Å². The van der Waals surface area contributed by atoms with Crippen molar-refractivity contribution in [1.82, 2.24) is 10.4 Å². The Kier molecular flexibility index (Phi) is 3.39. The lowest BCUT2D eigenvalue weighted by Gasteiger charge is -2.40. The van der Waals surface area contributed by atoms with Crippen LogP contribution >= 0.6 is 0 Å². The van der Waals surface area contributed by atoms with Gasteiger partial charge in [-0.15, -0.1) is 0 Å². The Hall–Kier alpha value is -2.33. The average molecular weight is 268 g/mol. The quantitative estimate of drug-likeness (QED) is 0.925. The molecular formula is C16H16N2O2. The van der Waals surface area contributed by atoms with Gasteiger partial charge in [0.1, 0.15) is 11.8 Å². The van der Waals surface area contributed by atoms with Crippen LogP contribution in [0.15, 0.2) is 54.6 Å². The second kappa shape index (κ2) is 5.35. The van der Waals surface area contributed by atoms with E-state index in [-0.39, 0.29) is 11.9 Å². The molecule has 1 atom stereocenters. The van der Waals surface area contributed by atoms with Gasteiger partial charge in [-0.2, -0.15) is 5.01 Å². The van der Waals surface area contributed by atoms with Crippen LogP contribution in [-0.4, -0.2) is 18.0 Å². The van der Waals surface area contributed by atoms with Crippen LogP contribution < -0.4 is 10.2 Å². The molecule has 2 aromatic carbocycles. The summed E-state index contributed by atoms with van der Waals surface area (Å²) in [6, 6.07) is 17.5. The smallest absolute Gasteiger partial charge is 0.258 e. The highest BCUT2D eigenvalue weighted by Gasteiger charge is 2.38. The van der Waals surface area contributed by atoms with Gasteiger partial charge in [0.25, 0.3) is 5.91 Å². The molecule has 1 aliphatic rings. The van der Waals surface area contributed by atoms with Crippen LogP contribution in [0.3, 0.4) is 0 Å². The summed E-state index contributed by atoms with van der Waals surface area (Å²) in [6.07, 6.45) is 0. The average Bonchev–Trinajstić information content (AvgIpc) is 2.48. The van der Waals surface area contributed by atoms with Crippen molar-refractivity contribution in [3.8, 4) is 5.75 Å². The second-order valence-corrected chi connectivity index (χ2v) is 4.77. The molecule has 1 N–H and O–H groups in total. The van der Waals surface area contributed by atoms with Crippen LogP contribution in [0.2, 0.25) is 0 Å². The lowest BCUT2D eigenvalue weighted by Crippen LogP contribution is -2.60. The van der Waals surface area contributed by atoms with Crippen molar-refractivity contribution in [2.45, 2.75) is 12.6 Å². The third-order valence-corrected chi connectivity index (χ3v) is 3.44. The number of amides is 1. The van der Waals surface area contributed by atoms with Crippen molar-refractivity contribution in [3.05, 3.63) is 65.7 Å². The Morgan fingerprint density at radius 2 is 1.80 bits per heavy atom. The Morgan fingerprint density at radius 1 is 1.10 bits per heavy atom. The first-order chi connectivity index (χ1) is 9.78. The van der Waals surface area contributed by atoms with Gasteiger partial charge in [-0.1, -0.05) is 42.5 Å². The van der Waals surface area contributed by atoms with Crippen LogP contribution in [0.4, 0.5) is 0 Å². The van der Waals surface area contributed by atoms with E-state index in [1.165, 1.54) is 5.56 Å². The van der Waals surface area contributed by atoms with Gasteiger partial charge in [0.15, 0.2) is 0 Å². The fraction of sp³-hybridized carbons (Fsp3) is 0.188. The van der Waals surface area contributed by atoms with Gasteiger partial charge in [0, 0.05) is 6.54 Å². The molecule has 0 radical (unpaired) electrons. The molecule has 1 saturated heterocycles. The van der Waals surface area contributed by atoms with Crippen LogP contribution in [0.25, 0.3) is 0 Å². The number of nitrogens with one attached hydrogen (secondary N) is 1. The molecule has 0 aromatic heterocycles. The summed E-state index contributed by atoms with van der Waals surface area (Å²) in [4.78, 5) is 11.8. The van der Waals surface area contributed by atoms with E-state index in [2.05, 4.69) is 17.6 Å². The molecule has 20 heavy (non-hydrogen) atoms. The molecule has 4 heteroatoms. The van der Waals surface area contributed by atoms with E-state index in [0.29, 0.717) is 6.54 Å². The minimum atomic E-state index is -0.221. The largest absolute Gasteiger partial charge is 0.497 e. The van der Waals surface area contributed by atoms with Crippen molar-refractivity contribution in [2.24, 2.45) is 0 Å². The molecule has 1 unspecified atom stereocenters. The third kappa shape index (κ3) is 2.38. The molecule has 102 valence electrons. The number of hydrogen-bond acceptors (Lipinski definition) is 3. The maximum atomic E-state index is 11.8. The Bertz CT molecular complexity index is 596. The number of rotatable bonds is 4. The number of benzene rings is 2. The molecule has 0 spiro atoms. The van der Waals surface area contributed by atoms with E-state index < -0.39 is 0 Å². The van der Waals surface area contributed by atoms with Crippen LogP contribution in [0, 0.1) is 0 Å². The molecule has 1 amide bonds. The first-order valence-corrected chi connectivity index (χ1v) is 6.53. The topological polar surface area (TPSA) is 41.6 Å². The summed E-state index contributed by atoms with van der Waals surface area (Å²) in [5, 5.41) is 1.94. The summed E-state index contributed by atoms with van der Waals surface area (Å²) in [5.41, 5.74) is 4.98. The zero-order valence-electron chi connectivity index (χ0n) is 11.2. The molecule has 3 rings (SSSR count). The zero-order valence-corrected chi connectivity index (χ0v) is 11.2. The van der Waals surface area contributed by atoms with Gasteiger partial charge in [0.05, 0.1) is 7.11 Å². The molecule has 0 bridgehead atoms. The van der Waals surface area contributed by atoms with E-state index in [4.69, 9.17) is 4.74 Å². The summed E-state index contributed by atoms with van der Waals surface area (Å²) in [6.45, 7) is 0.698. The molecule has 0 saturated carbocycles. The van der Waals surface area contributed by atoms with E-state index in [0.717, 1.165) is 11.3 Å². The predicted molar refractivity (Wildman–Crippen MR) is 75.9 cm³/mol. The number of hydrogen-bond donors (Lipinski definition) is 1. The first-order valence-electron chi connectivity index (χ1n) is 6.53. The molecule has 1 aliphatic heterocycles. The normalized spacial score (nSPS) is 18.2. The van der Waals surface area contributed by atoms with E-state index in [1.54, 1.807) is 7.11 Å². The van der Waals surface area contributed by atoms with Gasteiger partial charge in [-0.25, -0.2) is 0 Å².